The number of thioether (sulfide) groups is 1. The Bertz CT molecular complexity index is 4520. The molecule has 0 amide bonds. The summed E-state index contributed by atoms with van der Waals surface area (Å²) in [6.45, 7) is 13.0. The van der Waals surface area contributed by atoms with E-state index >= 15 is 0 Å². The fraction of sp³-hybridized carbons (Fsp3) is 0.0933. The van der Waals surface area contributed by atoms with Crippen molar-refractivity contribution in [1.82, 2.24) is 19.9 Å². The molecule has 7 heteroatoms. The van der Waals surface area contributed by atoms with Crippen molar-refractivity contribution in [2.75, 3.05) is 6.26 Å². The van der Waals surface area contributed by atoms with Gasteiger partial charge in [0.1, 0.15) is 0 Å². The van der Waals surface area contributed by atoms with Crippen molar-refractivity contribution in [1.29, 1.82) is 0 Å². The first-order valence-electron chi connectivity index (χ1n) is 26.9. The molecular formula is C75H53IN4SZn. The maximum atomic E-state index is 5.60. The summed E-state index contributed by atoms with van der Waals surface area (Å²) in [5, 5.41) is 0. The summed E-state index contributed by atoms with van der Waals surface area (Å²) < 4.78 is 1.19. The summed E-state index contributed by atoms with van der Waals surface area (Å²) in [7, 11) is 0. The molecule has 12 rings (SSSR count). The molecule has 8 bridgehead atoms. The Labute approximate surface area is 511 Å². The van der Waals surface area contributed by atoms with Crippen LogP contribution in [0.25, 0.3) is 90.9 Å². The van der Waals surface area contributed by atoms with Crippen LogP contribution in [0.1, 0.15) is 89.5 Å². The van der Waals surface area contributed by atoms with E-state index in [4.69, 9.17) is 19.9 Å². The van der Waals surface area contributed by atoms with Crippen molar-refractivity contribution in [2.24, 2.45) is 0 Å². The molecule has 0 saturated heterocycles. The van der Waals surface area contributed by atoms with E-state index in [1.807, 2.05) is 36.4 Å². The van der Waals surface area contributed by atoms with Crippen molar-refractivity contribution in [3.8, 4) is 80.0 Å². The van der Waals surface area contributed by atoms with Gasteiger partial charge in [0.05, 0.1) is 22.8 Å². The summed E-state index contributed by atoms with van der Waals surface area (Å²) in [5.74, 6) is 20.1. The molecule has 5 heterocycles. The van der Waals surface area contributed by atoms with Crippen LogP contribution in [0.3, 0.4) is 0 Å². The van der Waals surface area contributed by atoms with E-state index < -0.39 is 0 Å². The Morgan fingerprint density at radius 1 is 0.354 bits per heavy atom. The number of hydrogen-bond acceptors (Lipinski definition) is 3. The topological polar surface area (TPSA) is 54.0 Å². The molecular weight excluding hydrogens is 1180 g/mol. The molecule has 0 saturated carbocycles. The minimum Gasteiger partial charge on any atom is -0.657 e. The smallest absolute Gasteiger partial charge is 0.657 e. The predicted octanol–water partition coefficient (Wildman–Crippen LogP) is 18.0. The Balaban J connectivity index is 0.00000705. The van der Waals surface area contributed by atoms with Gasteiger partial charge >= 0.3 is 19.5 Å². The second-order valence-electron chi connectivity index (χ2n) is 20.6. The molecule has 0 fully saturated rings. The Hall–Kier alpha value is -8.48. The summed E-state index contributed by atoms with van der Waals surface area (Å²) >= 11 is 4.03. The van der Waals surface area contributed by atoms with E-state index in [-0.39, 0.29) is 19.5 Å². The number of benzene rings is 7. The van der Waals surface area contributed by atoms with E-state index in [0.717, 1.165) is 145 Å². The van der Waals surface area contributed by atoms with E-state index in [0.29, 0.717) is 0 Å². The Kier molecular flexibility index (Phi) is 16.2. The summed E-state index contributed by atoms with van der Waals surface area (Å²) in [6, 6.07) is 59.2. The zero-order valence-electron chi connectivity index (χ0n) is 46.8. The van der Waals surface area contributed by atoms with E-state index in [1.165, 1.54) is 19.6 Å². The van der Waals surface area contributed by atoms with Crippen molar-refractivity contribution in [3.63, 3.8) is 0 Å². The molecule has 0 aliphatic carbocycles. The number of aromatic nitrogens is 4. The van der Waals surface area contributed by atoms with Gasteiger partial charge in [-0.15, -0.1) is 33.8 Å². The van der Waals surface area contributed by atoms with Gasteiger partial charge in [-0.2, -0.15) is 0 Å². The maximum absolute atomic E-state index is 5.60. The number of halogens is 1. The van der Waals surface area contributed by atoms with Crippen molar-refractivity contribution < 1.29 is 19.5 Å². The van der Waals surface area contributed by atoms with Crippen LogP contribution in [0.4, 0.5) is 0 Å². The summed E-state index contributed by atoms with van der Waals surface area (Å²) in [4.78, 5) is 23.6. The van der Waals surface area contributed by atoms with Gasteiger partial charge in [0.15, 0.2) is 0 Å². The molecule has 4 nitrogen and oxygen atoms in total. The van der Waals surface area contributed by atoms with Gasteiger partial charge in [-0.3, -0.25) is 0 Å². The number of hydrogen-bond donors (Lipinski definition) is 0. The molecule has 0 atom stereocenters. The van der Waals surface area contributed by atoms with Gasteiger partial charge in [-0.25, -0.2) is 9.97 Å². The molecule has 3 aromatic heterocycles. The Morgan fingerprint density at radius 2 is 0.671 bits per heavy atom. The van der Waals surface area contributed by atoms with E-state index in [2.05, 4.69) is 264 Å². The SMILES string of the molecule is CSc1cccc(C#Cc2ccc(-c3c4nc(c(-c5c(C)cc(C)cc5C)c5ccc([n-]5)c(-c5ccc(C#Cc6ccc(C#Cc7ccc(I)cc7)cc6)cc5)c5nc(c(-c6c(C)cc(C)cc6C)c6ccc3[n-]6)C=C5)C=C4)cc2)c1.[Zn+2]. The fourth-order valence-corrected chi connectivity index (χ4v) is 11.9. The Morgan fingerprint density at radius 3 is 1.04 bits per heavy atom. The van der Waals surface area contributed by atoms with Crippen LogP contribution in [-0.4, -0.2) is 16.2 Å². The van der Waals surface area contributed by atoms with Gasteiger partial charge < -0.3 is 9.97 Å². The molecule has 0 N–H and O–H groups in total. The van der Waals surface area contributed by atoms with Gasteiger partial charge in [-0.05, 0) is 252 Å². The molecule has 0 radical (unpaired) electrons. The number of aryl methyl sites for hydroxylation is 6. The second-order valence-corrected chi connectivity index (χ2v) is 22.8. The van der Waals surface area contributed by atoms with Crippen molar-refractivity contribution in [3.05, 3.63) is 263 Å². The molecule has 388 valence electrons. The van der Waals surface area contributed by atoms with Crippen molar-refractivity contribution >= 4 is 80.7 Å². The normalized spacial score (nSPS) is 11.2. The standard InChI is InChI=1S/C75H53IN4S.Zn/c1-46-41-48(3)70(49(4)42-46)74-66-37-33-62(77-66)72(58-27-21-54(22-28-58)17-15-52-11-13-53(14-12-52)16-18-56-25-31-60(76)32-26-56)63-34-38-67(78-63)75(71-50(5)43-47(2)44-51(71)6)69-40-36-65(80-69)73(64-35-39-68(74)79-64)59-29-23-55(24-30-59)19-20-57-9-8-10-61(45-57)81-7;/h8-14,21-45H,1-7H3;/q-2;+2. The molecule has 82 heavy (non-hydrogen) atoms. The van der Waals surface area contributed by atoms with Crippen LogP contribution in [0.2, 0.25) is 0 Å². The minimum atomic E-state index is 0. The van der Waals surface area contributed by atoms with E-state index in [1.54, 1.807) is 11.8 Å². The quantitative estimate of drug-likeness (QED) is 0.0744. The first-order valence-corrected chi connectivity index (χ1v) is 29.2. The van der Waals surface area contributed by atoms with Crippen LogP contribution in [0.15, 0.2) is 175 Å². The third-order valence-corrected chi connectivity index (χ3v) is 16.1. The first-order chi connectivity index (χ1) is 39.4. The van der Waals surface area contributed by atoms with Crippen LogP contribution in [0.5, 0.6) is 0 Å². The second kappa shape index (κ2) is 23.9. The minimum absolute atomic E-state index is 0. The fourth-order valence-electron chi connectivity index (χ4n) is 11.1. The third kappa shape index (κ3) is 11.7. The van der Waals surface area contributed by atoms with Crippen LogP contribution < -0.4 is 9.97 Å². The van der Waals surface area contributed by atoms with Crippen LogP contribution in [-0.2, 0) is 19.5 Å². The van der Waals surface area contributed by atoms with E-state index in [9.17, 15) is 0 Å². The number of nitrogens with zero attached hydrogens (tertiary/aromatic N) is 4. The molecule has 2 aliphatic rings. The average molecular weight is 1230 g/mol. The van der Waals surface area contributed by atoms with Gasteiger partial charge in [-0.1, -0.05) is 126 Å². The average Bonchev–Trinajstić information content (AvgIpc) is 4.42. The third-order valence-electron chi connectivity index (χ3n) is 14.7. The van der Waals surface area contributed by atoms with Gasteiger partial charge in [0.2, 0.25) is 0 Å². The molecule has 0 unspecified atom stereocenters. The van der Waals surface area contributed by atoms with Crippen LogP contribution in [0, 0.1) is 80.6 Å². The first kappa shape index (κ1) is 55.4. The zero-order valence-corrected chi connectivity index (χ0v) is 52.7. The maximum Gasteiger partial charge on any atom is 2.00 e. The summed E-state index contributed by atoms with van der Waals surface area (Å²) in [5.41, 5.74) is 27.2. The predicted molar refractivity (Wildman–Crippen MR) is 349 cm³/mol. The van der Waals surface area contributed by atoms with Crippen molar-refractivity contribution in [2.45, 2.75) is 46.4 Å². The molecule has 10 aromatic rings. The van der Waals surface area contributed by atoms with Crippen LogP contribution >= 0.6 is 34.4 Å². The number of fused-ring (bicyclic) bond motifs is 8. The monoisotopic (exact) mass is 1230 g/mol. The molecule has 0 spiro atoms. The van der Waals surface area contributed by atoms with Gasteiger partial charge in [0, 0.05) is 41.8 Å². The number of rotatable bonds is 5. The van der Waals surface area contributed by atoms with Gasteiger partial charge in [0.25, 0.3) is 0 Å². The zero-order chi connectivity index (χ0) is 55.7. The summed E-state index contributed by atoms with van der Waals surface area (Å²) in [6.07, 6.45) is 10.6. The molecule has 7 aromatic carbocycles. The largest absolute Gasteiger partial charge is 2.00 e. The molecule has 2 aliphatic heterocycles.